The van der Waals surface area contributed by atoms with Crippen molar-refractivity contribution < 1.29 is 0 Å². The minimum absolute atomic E-state index is 0.596. The van der Waals surface area contributed by atoms with Crippen molar-refractivity contribution in [2.75, 3.05) is 19.3 Å². The van der Waals surface area contributed by atoms with Gasteiger partial charge < -0.3 is 11.1 Å². The molecule has 1 atom stereocenters. The summed E-state index contributed by atoms with van der Waals surface area (Å²) in [6.07, 6.45) is 4.72. The molecule has 0 bridgehead atoms. The van der Waals surface area contributed by atoms with Crippen molar-refractivity contribution in [1.82, 2.24) is 5.32 Å². The molecule has 18 heavy (non-hydrogen) atoms. The number of nitrogens with one attached hydrogen (secondary N) is 1. The van der Waals surface area contributed by atoms with Crippen LogP contribution in [0.3, 0.4) is 0 Å². The van der Waals surface area contributed by atoms with Crippen molar-refractivity contribution in [3.63, 3.8) is 0 Å². The van der Waals surface area contributed by atoms with Gasteiger partial charge in [0.15, 0.2) is 0 Å². The van der Waals surface area contributed by atoms with Crippen LogP contribution >= 0.6 is 0 Å². The van der Waals surface area contributed by atoms with E-state index in [0.29, 0.717) is 5.92 Å². The quantitative estimate of drug-likeness (QED) is 0.723. The Balaban J connectivity index is 2.89. The standard InChI is InChI=1S/C16H28N2/c1-5-6-7-14-11-15(12(2)8-9-18-4)13(3)10-16(14)17/h10-12,18H,5-9,17H2,1-4H3. The molecule has 0 aliphatic heterocycles. The molecule has 1 aromatic rings. The first-order valence-electron chi connectivity index (χ1n) is 7.13. The van der Waals surface area contributed by atoms with Gasteiger partial charge in [0.2, 0.25) is 0 Å². The molecule has 0 heterocycles. The van der Waals surface area contributed by atoms with Crippen LogP contribution in [0.25, 0.3) is 0 Å². The average molecular weight is 248 g/mol. The highest BCUT2D eigenvalue weighted by molar-refractivity contribution is 5.52. The molecule has 0 spiro atoms. The van der Waals surface area contributed by atoms with Crippen LogP contribution in [0.15, 0.2) is 12.1 Å². The Labute approximate surface area is 112 Å². The van der Waals surface area contributed by atoms with E-state index < -0.39 is 0 Å². The van der Waals surface area contributed by atoms with Crippen molar-refractivity contribution in [2.24, 2.45) is 0 Å². The normalized spacial score (nSPS) is 12.7. The first-order valence-corrected chi connectivity index (χ1v) is 7.13. The smallest absolute Gasteiger partial charge is 0.0349 e. The molecule has 1 aromatic carbocycles. The Morgan fingerprint density at radius 2 is 2.06 bits per heavy atom. The topological polar surface area (TPSA) is 38.0 Å². The summed E-state index contributed by atoms with van der Waals surface area (Å²) in [4.78, 5) is 0. The lowest BCUT2D eigenvalue weighted by Crippen LogP contribution is -2.11. The zero-order valence-corrected chi connectivity index (χ0v) is 12.3. The third kappa shape index (κ3) is 4.02. The molecule has 0 amide bonds. The maximum Gasteiger partial charge on any atom is 0.0349 e. The third-order valence-electron chi connectivity index (χ3n) is 3.69. The van der Waals surface area contributed by atoms with Gasteiger partial charge in [-0.15, -0.1) is 0 Å². The zero-order valence-electron chi connectivity index (χ0n) is 12.3. The maximum absolute atomic E-state index is 6.12. The Hall–Kier alpha value is -1.02. The molecule has 3 N–H and O–H groups in total. The highest BCUT2D eigenvalue weighted by atomic mass is 14.8. The Morgan fingerprint density at radius 1 is 1.33 bits per heavy atom. The summed E-state index contributed by atoms with van der Waals surface area (Å²) in [6, 6.07) is 4.48. The third-order valence-corrected chi connectivity index (χ3v) is 3.69. The largest absolute Gasteiger partial charge is 0.398 e. The van der Waals surface area contributed by atoms with E-state index in [1.807, 2.05) is 7.05 Å². The summed E-state index contributed by atoms with van der Waals surface area (Å²) in [5.74, 6) is 0.596. The Bertz CT molecular complexity index is 372. The predicted octanol–water partition coefficient (Wildman–Crippen LogP) is 3.63. The summed E-state index contributed by atoms with van der Waals surface area (Å²) >= 11 is 0. The SMILES string of the molecule is CCCCc1cc(C(C)CCNC)c(C)cc1N. The predicted molar refractivity (Wildman–Crippen MR) is 81.2 cm³/mol. The number of rotatable bonds is 7. The molecule has 0 fully saturated rings. The second-order valence-corrected chi connectivity index (χ2v) is 5.30. The lowest BCUT2D eigenvalue weighted by molar-refractivity contribution is 0.633. The van der Waals surface area contributed by atoms with Crippen LogP contribution in [0.1, 0.15) is 55.7 Å². The molecule has 0 saturated heterocycles. The summed E-state index contributed by atoms with van der Waals surface area (Å²) in [6.45, 7) is 7.76. The minimum Gasteiger partial charge on any atom is -0.398 e. The van der Waals surface area contributed by atoms with Gasteiger partial charge in [0.1, 0.15) is 0 Å². The van der Waals surface area contributed by atoms with Gasteiger partial charge in [-0.2, -0.15) is 0 Å². The minimum atomic E-state index is 0.596. The van der Waals surface area contributed by atoms with Crippen LogP contribution in [-0.2, 0) is 6.42 Å². The summed E-state index contributed by atoms with van der Waals surface area (Å²) in [5, 5.41) is 3.22. The molecular weight excluding hydrogens is 220 g/mol. The molecule has 0 aliphatic rings. The molecule has 0 aliphatic carbocycles. The number of anilines is 1. The van der Waals surface area contributed by atoms with Gasteiger partial charge in [0.05, 0.1) is 0 Å². The number of benzene rings is 1. The van der Waals surface area contributed by atoms with Crippen molar-refractivity contribution in [3.05, 3.63) is 28.8 Å². The number of nitrogens with two attached hydrogens (primary N) is 1. The molecule has 0 radical (unpaired) electrons. The van der Waals surface area contributed by atoms with Crippen molar-refractivity contribution >= 4 is 5.69 Å². The molecular formula is C16H28N2. The van der Waals surface area contributed by atoms with Crippen LogP contribution in [-0.4, -0.2) is 13.6 Å². The highest BCUT2D eigenvalue weighted by Crippen LogP contribution is 2.27. The fourth-order valence-corrected chi connectivity index (χ4v) is 2.43. The molecule has 1 rings (SSSR count). The number of nitrogen functional groups attached to an aromatic ring is 1. The van der Waals surface area contributed by atoms with E-state index in [1.54, 1.807) is 0 Å². The van der Waals surface area contributed by atoms with E-state index in [2.05, 4.69) is 38.2 Å². The molecule has 0 saturated carbocycles. The van der Waals surface area contributed by atoms with Gasteiger partial charge in [-0.3, -0.25) is 0 Å². The number of unbranched alkanes of at least 4 members (excludes halogenated alkanes) is 1. The average Bonchev–Trinajstić information content (AvgIpc) is 2.35. The number of hydrogen-bond acceptors (Lipinski definition) is 2. The van der Waals surface area contributed by atoms with Crippen molar-refractivity contribution in [3.8, 4) is 0 Å². The van der Waals surface area contributed by atoms with Crippen LogP contribution in [0.5, 0.6) is 0 Å². The van der Waals surface area contributed by atoms with Gasteiger partial charge in [0.25, 0.3) is 0 Å². The number of aryl methyl sites for hydroxylation is 2. The molecule has 102 valence electrons. The summed E-state index contributed by atoms with van der Waals surface area (Å²) < 4.78 is 0. The first-order chi connectivity index (χ1) is 8.60. The molecule has 0 aromatic heterocycles. The summed E-state index contributed by atoms with van der Waals surface area (Å²) in [5.41, 5.74) is 11.2. The van der Waals surface area contributed by atoms with Gasteiger partial charge in [-0.25, -0.2) is 0 Å². The molecule has 2 heteroatoms. The van der Waals surface area contributed by atoms with Gasteiger partial charge in [-0.05, 0) is 68.5 Å². The van der Waals surface area contributed by atoms with Crippen LogP contribution in [0.4, 0.5) is 5.69 Å². The van der Waals surface area contributed by atoms with E-state index >= 15 is 0 Å². The second kappa shape index (κ2) is 7.42. The van der Waals surface area contributed by atoms with Gasteiger partial charge >= 0.3 is 0 Å². The van der Waals surface area contributed by atoms with E-state index in [9.17, 15) is 0 Å². The summed E-state index contributed by atoms with van der Waals surface area (Å²) in [7, 11) is 2.01. The van der Waals surface area contributed by atoms with E-state index in [-0.39, 0.29) is 0 Å². The fraction of sp³-hybridized carbons (Fsp3) is 0.625. The fourth-order valence-electron chi connectivity index (χ4n) is 2.43. The van der Waals surface area contributed by atoms with Gasteiger partial charge in [0, 0.05) is 5.69 Å². The van der Waals surface area contributed by atoms with E-state index in [1.165, 1.54) is 36.0 Å². The Kier molecular flexibility index (Phi) is 6.20. The second-order valence-electron chi connectivity index (χ2n) is 5.30. The molecule has 1 unspecified atom stereocenters. The van der Waals surface area contributed by atoms with Crippen LogP contribution < -0.4 is 11.1 Å². The first kappa shape index (κ1) is 15.0. The lowest BCUT2D eigenvalue weighted by atomic mass is 9.90. The van der Waals surface area contributed by atoms with Gasteiger partial charge in [-0.1, -0.05) is 26.3 Å². The zero-order chi connectivity index (χ0) is 13.5. The maximum atomic E-state index is 6.12. The highest BCUT2D eigenvalue weighted by Gasteiger charge is 2.11. The van der Waals surface area contributed by atoms with Crippen LogP contribution in [0.2, 0.25) is 0 Å². The lowest BCUT2D eigenvalue weighted by Gasteiger charge is -2.17. The number of hydrogen-bond donors (Lipinski definition) is 2. The van der Waals surface area contributed by atoms with Crippen molar-refractivity contribution in [2.45, 2.75) is 52.4 Å². The Morgan fingerprint density at radius 3 is 2.67 bits per heavy atom. The van der Waals surface area contributed by atoms with Crippen LogP contribution in [0, 0.1) is 6.92 Å². The van der Waals surface area contributed by atoms with Crippen molar-refractivity contribution in [1.29, 1.82) is 0 Å². The molecule has 2 nitrogen and oxygen atoms in total. The monoisotopic (exact) mass is 248 g/mol. The van der Waals surface area contributed by atoms with E-state index in [4.69, 9.17) is 5.73 Å². The van der Waals surface area contributed by atoms with E-state index in [0.717, 1.165) is 18.7 Å².